The van der Waals surface area contributed by atoms with Gasteiger partial charge in [0.05, 0.1) is 0 Å². The number of furan rings is 1. The van der Waals surface area contributed by atoms with Gasteiger partial charge in [0.2, 0.25) is 0 Å². The van der Waals surface area contributed by atoms with Gasteiger partial charge in [-0.2, -0.15) is 0 Å². The third-order valence-corrected chi connectivity index (χ3v) is 5.46. The molecule has 0 aliphatic rings. The molecule has 3 heteroatoms. The van der Waals surface area contributed by atoms with Gasteiger partial charge in [0.15, 0.2) is 0 Å². The normalized spacial score (nSPS) is 11.7. The average Bonchev–Trinajstić information content (AvgIpc) is 3.12. The minimum absolute atomic E-state index is 0.107. The van der Waals surface area contributed by atoms with Crippen molar-refractivity contribution in [3.8, 4) is 11.5 Å². The number of para-hydroxylation sites is 1. The smallest absolute Gasteiger partial charge is 0.137 e. The summed E-state index contributed by atoms with van der Waals surface area (Å²) in [5, 5.41) is 5.75. The van der Waals surface area contributed by atoms with Crippen molar-refractivity contribution in [3.63, 3.8) is 0 Å². The summed E-state index contributed by atoms with van der Waals surface area (Å²) in [6.07, 6.45) is 0. The number of benzene rings is 4. The van der Waals surface area contributed by atoms with Crippen molar-refractivity contribution in [1.82, 2.24) is 0 Å². The van der Waals surface area contributed by atoms with E-state index in [-0.39, 0.29) is 5.41 Å². The molecule has 0 aliphatic heterocycles. The van der Waals surface area contributed by atoms with E-state index in [0.29, 0.717) is 0 Å². The summed E-state index contributed by atoms with van der Waals surface area (Å²) in [6.45, 7) is 6.69. The highest BCUT2D eigenvalue weighted by molar-refractivity contribution is 6.06. The third kappa shape index (κ3) is 3.99. The van der Waals surface area contributed by atoms with Crippen molar-refractivity contribution in [2.45, 2.75) is 26.2 Å². The minimum atomic E-state index is 0.107. The lowest BCUT2D eigenvalue weighted by Crippen LogP contribution is -2.10. The van der Waals surface area contributed by atoms with Gasteiger partial charge in [-0.15, -0.1) is 0 Å². The van der Waals surface area contributed by atoms with Crippen molar-refractivity contribution in [2.24, 2.45) is 0 Å². The molecule has 5 aromatic rings. The van der Waals surface area contributed by atoms with Crippen LogP contribution in [0.25, 0.3) is 21.9 Å². The molecule has 0 amide bonds. The van der Waals surface area contributed by atoms with Crippen molar-refractivity contribution >= 4 is 33.3 Å². The standard InChI is InChI=1S/C28H25NO2/c1-28(2,3)19-9-16-26-25(17-19)24-15-12-21(18-27(24)31-26)29-20-10-13-23(14-11-20)30-22-7-5-4-6-8-22/h4-18,29H,1-3H3. The zero-order valence-electron chi connectivity index (χ0n) is 18.0. The lowest BCUT2D eigenvalue weighted by molar-refractivity contribution is 0.483. The van der Waals surface area contributed by atoms with Gasteiger partial charge in [0, 0.05) is 28.2 Å². The molecule has 3 nitrogen and oxygen atoms in total. The Morgan fingerprint density at radius 2 is 1.35 bits per heavy atom. The molecule has 0 saturated carbocycles. The van der Waals surface area contributed by atoms with Crippen LogP contribution in [0, 0.1) is 0 Å². The number of nitrogens with one attached hydrogen (secondary N) is 1. The maximum Gasteiger partial charge on any atom is 0.137 e. The van der Waals surface area contributed by atoms with Crippen LogP contribution in [-0.2, 0) is 5.41 Å². The van der Waals surface area contributed by atoms with Crippen molar-refractivity contribution in [1.29, 1.82) is 0 Å². The maximum atomic E-state index is 6.12. The van der Waals surface area contributed by atoms with Crippen LogP contribution in [0.4, 0.5) is 11.4 Å². The van der Waals surface area contributed by atoms with E-state index in [0.717, 1.165) is 44.8 Å². The Labute approximate surface area is 182 Å². The van der Waals surface area contributed by atoms with E-state index in [2.05, 4.69) is 62.5 Å². The predicted molar refractivity (Wildman–Crippen MR) is 129 cm³/mol. The Kier molecular flexibility index (Phi) is 4.67. The van der Waals surface area contributed by atoms with Crippen LogP contribution in [0.3, 0.4) is 0 Å². The fourth-order valence-corrected chi connectivity index (χ4v) is 3.72. The van der Waals surface area contributed by atoms with Crippen LogP contribution in [0.2, 0.25) is 0 Å². The molecule has 154 valence electrons. The number of anilines is 2. The monoisotopic (exact) mass is 407 g/mol. The van der Waals surface area contributed by atoms with E-state index in [1.807, 2.05) is 54.6 Å². The SMILES string of the molecule is CC(C)(C)c1ccc2oc3cc(Nc4ccc(Oc5ccccc5)cc4)ccc3c2c1. The lowest BCUT2D eigenvalue weighted by Gasteiger charge is -2.18. The molecule has 1 N–H and O–H groups in total. The van der Waals surface area contributed by atoms with Crippen LogP contribution < -0.4 is 10.1 Å². The Morgan fingerprint density at radius 3 is 2.10 bits per heavy atom. The zero-order valence-corrected chi connectivity index (χ0v) is 18.0. The summed E-state index contributed by atoms with van der Waals surface area (Å²) in [5.41, 5.74) is 5.20. The summed E-state index contributed by atoms with van der Waals surface area (Å²) < 4.78 is 12.0. The van der Waals surface area contributed by atoms with Crippen LogP contribution in [-0.4, -0.2) is 0 Å². The van der Waals surface area contributed by atoms with E-state index < -0.39 is 0 Å². The van der Waals surface area contributed by atoms with Gasteiger partial charge in [-0.05, 0) is 71.6 Å². The van der Waals surface area contributed by atoms with Gasteiger partial charge in [-0.25, -0.2) is 0 Å². The van der Waals surface area contributed by atoms with Crippen LogP contribution in [0.5, 0.6) is 11.5 Å². The van der Waals surface area contributed by atoms with E-state index in [1.54, 1.807) is 0 Å². The highest BCUT2D eigenvalue weighted by Crippen LogP contribution is 2.34. The topological polar surface area (TPSA) is 34.4 Å². The molecule has 0 unspecified atom stereocenters. The van der Waals surface area contributed by atoms with Crippen LogP contribution in [0.15, 0.2) is 95.4 Å². The van der Waals surface area contributed by atoms with E-state index in [4.69, 9.17) is 9.15 Å². The summed E-state index contributed by atoms with van der Waals surface area (Å²) in [4.78, 5) is 0. The minimum Gasteiger partial charge on any atom is -0.457 e. The van der Waals surface area contributed by atoms with E-state index in [1.165, 1.54) is 5.56 Å². The second-order valence-corrected chi connectivity index (χ2v) is 8.84. The molecule has 1 heterocycles. The molecular formula is C28H25NO2. The number of rotatable bonds is 4. The van der Waals surface area contributed by atoms with Crippen molar-refractivity contribution < 1.29 is 9.15 Å². The Morgan fingerprint density at radius 1 is 0.645 bits per heavy atom. The van der Waals surface area contributed by atoms with Gasteiger partial charge in [-0.1, -0.05) is 45.0 Å². The number of ether oxygens (including phenoxy) is 1. The predicted octanol–water partition coefficient (Wildman–Crippen LogP) is 8.42. The van der Waals surface area contributed by atoms with Crippen LogP contribution >= 0.6 is 0 Å². The first-order valence-electron chi connectivity index (χ1n) is 10.5. The molecule has 0 fully saturated rings. The molecule has 0 aliphatic carbocycles. The quantitative estimate of drug-likeness (QED) is 0.325. The van der Waals surface area contributed by atoms with Crippen molar-refractivity contribution in [2.75, 3.05) is 5.32 Å². The first-order valence-corrected chi connectivity index (χ1v) is 10.5. The highest BCUT2D eigenvalue weighted by Gasteiger charge is 2.16. The summed E-state index contributed by atoms with van der Waals surface area (Å²) in [6, 6.07) is 30.5. The molecule has 4 aromatic carbocycles. The number of fused-ring (bicyclic) bond motifs is 3. The zero-order chi connectivity index (χ0) is 21.4. The molecule has 5 rings (SSSR count). The fraction of sp³-hybridized carbons (Fsp3) is 0.143. The Bertz CT molecular complexity index is 1340. The lowest BCUT2D eigenvalue weighted by atomic mass is 9.86. The van der Waals surface area contributed by atoms with Crippen molar-refractivity contribution in [3.05, 3.63) is 96.6 Å². The third-order valence-electron chi connectivity index (χ3n) is 5.46. The number of hydrogen-bond donors (Lipinski definition) is 1. The molecule has 31 heavy (non-hydrogen) atoms. The maximum absolute atomic E-state index is 6.12. The fourth-order valence-electron chi connectivity index (χ4n) is 3.72. The summed E-state index contributed by atoms with van der Waals surface area (Å²) >= 11 is 0. The Balaban J connectivity index is 1.38. The summed E-state index contributed by atoms with van der Waals surface area (Å²) in [5.74, 6) is 1.63. The van der Waals surface area contributed by atoms with E-state index >= 15 is 0 Å². The van der Waals surface area contributed by atoms with E-state index in [9.17, 15) is 0 Å². The second-order valence-electron chi connectivity index (χ2n) is 8.84. The van der Waals surface area contributed by atoms with Gasteiger partial charge in [0.1, 0.15) is 22.7 Å². The molecule has 0 radical (unpaired) electrons. The van der Waals surface area contributed by atoms with Gasteiger partial charge >= 0.3 is 0 Å². The largest absolute Gasteiger partial charge is 0.457 e. The molecule has 0 atom stereocenters. The molecule has 1 aromatic heterocycles. The highest BCUT2D eigenvalue weighted by atomic mass is 16.5. The first kappa shape index (κ1) is 19.3. The van der Waals surface area contributed by atoms with Gasteiger partial charge < -0.3 is 14.5 Å². The molecule has 0 bridgehead atoms. The molecule has 0 saturated heterocycles. The Hall–Kier alpha value is -3.72. The average molecular weight is 408 g/mol. The second kappa shape index (κ2) is 7.51. The molecule has 0 spiro atoms. The first-order chi connectivity index (χ1) is 15.0. The number of hydrogen-bond acceptors (Lipinski definition) is 3. The van der Waals surface area contributed by atoms with Gasteiger partial charge in [0.25, 0.3) is 0 Å². The van der Waals surface area contributed by atoms with Crippen LogP contribution in [0.1, 0.15) is 26.3 Å². The van der Waals surface area contributed by atoms with Gasteiger partial charge in [-0.3, -0.25) is 0 Å². The summed E-state index contributed by atoms with van der Waals surface area (Å²) in [7, 11) is 0. The molecular weight excluding hydrogens is 382 g/mol.